The van der Waals surface area contributed by atoms with E-state index in [1.165, 1.54) is 12.8 Å². The van der Waals surface area contributed by atoms with Gasteiger partial charge in [-0.1, -0.05) is 13.0 Å². The number of ether oxygens (including phenoxy) is 1. The minimum absolute atomic E-state index is 0.0443. The summed E-state index contributed by atoms with van der Waals surface area (Å²) in [6.07, 6.45) is 6.69. The van der Waals surface area contributed by atoms with Gasteiger partial charge in [0.15, 0.2) is 5.13 Å². The summed E-state index contributed by atoms with van der Waals surface area (Å²) in [5.74, 6) is 0.560. The number of carbonyl (C=O) groups excluding carboxylic acids is 1. The highest BCUT2D eigenvalue weighted by Crippen LogP contribution is 2.38. The zero-order valence-electron chi connectivity index (χ0n) is 18.1. The third kappa shape index (κ3) is 4.31. The number of carbonyl (C=O) groups is 1. The number of nitrogens with zero attached hydrogens (tertiary/aromatic N) is 4. The molecule has 1 aliphatic heterocycles. The molecule has 0 bridgehead atoms. The fraction of sp³-hybridized carbons (Fsp3) is 0.391. The number of benzene rings is 1. The molecule has 1 unspecified atom stereocenters. The molecule has 1 aliphatic carbocycles. The minimum atomic E-state index is -0.0443. The molecule has 1 saturated carbocycles. The average molecular weight is 468 g/mol. The van der Waals surface area contributed by atoms with Gasteiger partial charge in [-0.05, 0) is 55.8 Å². The van der Waals surface area contributed by atoms with Gasteiger partial charge in [-0.3, -0.25) is 9.78 Å². The molecule has 0 radical (unpaired) electrons. The SMILES string of the molecule is CCOc1cncc(-c2ccc3c(c2)CN(C(CC)c2csc(NSC4CC4)n2)C3=O)n1. The van der Waals surface area contributed by atoms with Crippen LogP contribution in [0.25, 0.3) is 11.3 Å². The van der Waals surface area contributed by atoms with E-state index in [9.17, 15) is 4.79 Å². The molecule has 1 aromatic carbocycles. The van der Waals surface area contributed by atoms with E-state index in [2.05, 4.69) is 27.0 Å². The zero-order chi connectivity index (χ0) is 22.1. The Morgan fingerprint density at radius 2 is 2.16 bits per heavy atom. The fourth-order valence-corrected chi connectivity index (χ4v) is 5.48. The van der Waals surface area contributed by atoms with E-state index in [1.807, 2.05) is 30.0 Å². The second-order valence-electron chi connectivity index (χ2n) is 7.90. The number of thiazole rings is 1. The van der Waals surface area contributed by atoms with Crippen molar-refractivity contribution >= 4 is 34.3 Å². The molecule has 7 nitrogen and oxygen atoms in total. The maximum Gasteiger partial charge on any atom is 0.255 e. The van der Waals surface area contributed by atoms with Crippen LogP contribution in [-0.4, -0.2) is 37.6 Å². The summed E-state index contributed by atoms with van der Waals surface area (Å²) in [5.41, 5.74) is 4.37. The smallest absolute Gasteiger partial charge is 0.255 e. The molecular weight excluding hydrogens is 442 g/mol. The lowest BCUT2D eigenvalue weighted by molar-refractivity contribution is 0.0692. The van der Waals surface area contributed by atoms with E-state index < -0.39 is 0 Å². The summed E-state index contributed by atoms with van der Waals surface area (Å²) in [5, 5.41) is 3.70. The van der Waals surface area contributed by atoms with Gasteiger partial charge in [0, 0.05) is 28.3 Å². The topological polar surface area (TPSA) is 80.2 Å². The molecule has 1 amide bonds. The molecular formula is C23H25N5O2S2. The Kier molecular flexibility index (Phi) is 6.01. The Bertz CT molecular complexity index is 1130. The Morgan fingerprint density at radius 3 is 2.94 bits per heavy atom. The van der Waals surface area contributed by atoms with Crippen molar-refractivity contribution in [3.8, 4) is 17.1 Å². The molecule has 1 atom stereocenters. The van der Waals surface area contributed by atoms with Crippen LogP contribution in [0.5, 0.6) is 5.88 Å². The van der Waals surface area contributed by atoms with Crippen LogP contribution in [0.4, 0.5) is 5.13 Å². The Balaban J connectivity index is 1.35. The first-order chi connectivity index (χ1) is 15.7. The van der Waals surface area contributed by atoms with Crippen LogP contribution in [0.3, 0.4) is 0 Å². The number of nitrogens with one attached hydrogen (secondary N) is 1. The van der Waals surface area contributed by atoms with Gasteiger partial charge in [0.05, 0.1) is 36.4 Å². The number of fused-ring (bicyclic) bond motifs is 1. The van der Waals surface area contributed by atoms with Crippen LogP contribution < -0.4 is 9.46 Å². The van der Waals surface area contributed by atoms with Crippen molar-refractivity contribution in [1.29, 1.82) is 0 Å². The first kappa shape index (κ1) is 21.2. The number of hydrogen-bond acceptors (Lipinski definition) is 8. The summed E-state index contributed by atoms with van der Waals surface area (Å²) in [7, 11) is 0. The predicted octanol–water partition coefficient (Wildman–Crippen LogP) is 5.33. The summed E-state index contributed by atoms with van der Waals surface area (Å²) in [6.45, 7) is 5.13. The second-order valence-corrected chi connectivity index (χ2v) is 9.87. The summed E-state index contributed by atoms with van der Waals surface area (Å²) < 4.78 is 8.84. The van der Waals surface area contributed by atoms with E-state index >= 15 is 0 Å². The van der Waals surface area contributed by atoms with Gasteiger partial charge in [0.25, 0.3) is 5.91 Å². The zero-order valence-corrected chi connectivity index (χ0v) is 19.7. The highest BCUT2D eigenvalue weighted by molar-refractivity contribution is 8.01. The van der Waals surface area contributed by atoms with Crippen molar-refractivity contribution in [3.63, 3.8) is 0 Å². The molecule has 9 heteroatoms. The van der Waals surface area contributed by atoms with Crippen molar-refractivity contribution in [2.24, 2.45) is 0 Å². The number of aromatic nitrogens is 3. The third-order valence-corrected chi connectivity index (χ3v) is 7.62. The molecule has 1 N–H and O–H groups in total. The quantitative estimate of drug-likeness (QED) is 0.426. The number of anilines is 1. The third-order valence-electron chi connectivity index (χ3n) is 5.60. The highest BCUT2D eigenvalue weighted by atomic mass is 32.2. The maximum atomic E-state index is 13.2. The predicted molar refractivity (Wildman–Crippen MR) is 128 cm³/mol. The van der Waals surface area contributed by atoms with E-state index in [0.29, 0.717) is 24.3 Å². The van der Waals surface area contributed by atoms with Crippen molar-refractivity contribution in [1.82, 2.24) is 19.9 Å². The van der Waals surface area contributed by atoms with Crippen LogP contribution in [0.2, 0.25) is 0 Å². The lowest BCUT2D eigenvalue weighted by Crippen LogP contribution is -2.29. The minimum Gasteiger partial charge on any atom is -0.477 e. The van der Waals surface area contributed by atoms with Crippen LogP contribution in [0, 0.1) is 0 Å². The van der Waals surface area contributed by atoms with Crippen molar-refractivity contribution in [2.75, 3.05) is 11.3 Å². The van der Waals surface area contributed by atoms with Gasteiger partial charge < -0.3 is 14.4 Å². The van der Waals surface area contributed by atoms with Crippen LogP contribution in [0.15, 0.2) is 36.0 Å². The molecule has 2 aliphatic rings. The number of hydrogen-bond donors (Lipinski definition) is 1. The molecule has 32 heavy (non-hydrogen) atoms. The van der Waals surface area contributed by atoms with Crippen LogP contribution >= 0.6 is 23.3 Å². The molecule has 166 valence electrons. The van der Waals surface area contributed by atoms with Crippen molar-refractivity contribution < 1.29 is 9.53 Å². The van der Waals surface area contributed by atoms with Gasteiger partial charge in [-0.25, -0.2) is 9.97 Å². The van der Waals surface area contributed by atoms with E-state index in [1.54, 1.807) is 35.7 Å². The molecule has 2 aromatic heterocycles. The fourth-order valence-electron chi connectivity index (χ4n) is 3.85. The molecule has 3 heterocycles. The highest BCUT2D eigenvalue weighted by Gasteiger charge is 2.34. The van der Waals surface area contributed by atoms with Gasteiger partial charge >= 0.3 is 0 Å². The standard InChI is InChI=1S/C23H25N5O2S2/c1-3-20(19-13-31-23(26-19)27-32-16-6-7-16)28-12-15-9-14(5-8-17(15)22(28)29)18-10-24-11-21(25-18)30-4-2/h5,8-11,13,16,20H,3-4,6-7,12H2,1-2H3,(H,26,27). The largest absolute Gasteiger partial charge is 0.477 e. The van der Waals surface area contributed by atoms with Gasteiger partial charge in [0.1, 0.15) is 0 Å². The van der Waals surface area contributed by atoms with Crippen molar-refractivity contribution in [2.45, 2.75) is 50.9 Å². The second kappa shape index (κ2) is 9.07. The van der Waals surface area contributed by atoms with E-state index in [-0.39, 0.29) is 11.9 Å². The van der Waals surface area contributed by atoms with E-state index in [4.69, 9.17) is 9.72 Å². The summed E-state index contributed by atoms with van der Waals surface area (Å²) >= 11 is 3.36. The molecule has 1 fully saturated rings. The van der Waals surface area contributed by atoms with Crippen LogP contribution in [-0.2, 0) is 6.54 Å². The number of rotatable bonds is 9. The molecule has 3 aromatic rings. The molecule has 0 spiro atoms. The maximum absolute atomic E-state index is 13.2. The normalized spacial score (nSPS) is 16.2. The molecule has 5 rings (SSSR count). The van der Waals surface area contributed by atoms with Gasteiger partial charge in [-0.2, -0.15) is 0 Å². The average Bonchev–Trinajstić information content (AvgIpc) is 3.44. The lowest BCUT2D eigenvalue weighted by atomic mass is 10.0. The first-order valence-corrected chi connectivity index (χ1v) is 12.7. The monoisotopic (exact) mass is 467 g/mol. The Labute approximate surface area is 195 Å². The van der Waals surface area contributed by atoms with E-state index in [0.717, 1.165) is 39.6 Å². The van der Waals surface area contributed by atoms with Crippen molar-refractivity contribution in [3.05, 3.63) is 52.8 Å². The first-order valence-electron chi connectivity index (χ1n) is 10.9. The van der Waals surface area contributed by atoms with Gasteiger partial charge in [-0.15, -0.1) is 11.3 Å². The summed E-state index contributed by atoms with van der Waals surface area (Å²) in [6, 6.07) is 5.83. The van der Waals surface area contributed by atoms with Gasteiger partial charge in [0.2, 0.25) is 5.88 Å². The van der Waals surface area contributed by atoms with Crippen LogP contribution in [0.1, 0.15) is 60.8 Å². The Hall–Kier alpha value is -2.65. The lowest BCUT2D eigenvalue weighted by Gasteiger charge is -2.25. The summed E-state index contributed by atoms with van der Waals surface area (Å²) in [4.78, 5) is 28.7. The molecule has 0 saturated heterocycles. The number of amides is 1. The Morgan fingerprint density at radius 1 is 1.28 bits per heavy atom.